The molecule has 0 amide bonds. The van der Waals surface area contributed by atoms with Crippen LogP contribution >= 0.6 is 24.0 Å². The lowest BCUT2D eigenvalue weighted by atomic mass is 9.82. The van der Waals surface area contributed by atoms with Gasteiger partial charge in [0, 0.05) is 57.4 Å². The van der Waals surface area contributed by atoms with Crippen LogP contribution in [0.3, 0.4) is 0 Å². The van der Waals surface area contributed by atoms with Gasteiger partial charge in [0.05, 0.1) is 12.2 Å². The van der Waals surface area contributed by atoms with Gasteiger partial charge in [-0.3, -0.25) is 4.99 Å². The highest BCUT2D eigenvalue weighted by Crippen LogP contribution is 2.47. The number of guanidine groups is 1. The number of halogens is 1. The maximum Gasteiger partial charge on any atom is 0.193 e. The molecule has 156 valence electrons. The molecule has 0 saturated carbocycles. The minimum atomic E-state index is 0. The molecular formula is C20H33IN6O. The Morgan fingerprint density at radius 3 is 2.68 bits per heavy atom. The molecule has 1 aromatic heterocycles. The zero-order valence-electron chi connectivity index (χ0n) is 16.8. The summed E-state index contributed by atoms with van der Waals surface area (Å²) in [6.45, 7) is 7.09. The molecule has 3 fully saturated rings. The van der Waals surface area contributed by atoms with E-state index in [0.717, 1.165) is 57.3 Å². The summed E-state index contributed by atoms with van der Waals surface area (Å²) < 4.78 is 8.45. The number of nitrogens with one attached hydrogen (secondary N) is 1. The number of hydrogen-bond acceptors (Lipinski definition) is 4. The van der Waals surface area contributed by atoms with Crippen molar-refractivity contribution in [3.63, 3.8) is 0 Å². The van der Waals surface area contributed by atoms with Crippen LogP contribution in [0, 0.1) is 11.8 Å². The van der Waals surface area contributed by atoms with Gasteiger partial charge in [-0.15, -0.1) is 34.2 Å². The summed E-state index contributed by atoms with van der Waals surface area (Å²) in [6, 6.07) is 0. The topological polar surface area (TPSA) is 67.6 Å². The van der Waals surface area contributed by atoms with E-state index in [9.17, 15) is 0 Å². The molecule has 7 nitrogen and oxygen atoms in total. The molecule has 0 radical (unpaired) electrons. The molecule has 5 heterocycles. The fourth-order valence-corrected chi connectivity index (χ4v) is 5.55. The molecule has 28 heavy (non-hydrogen) atoms. The number of aromatic nitrogens is 3. The van der Waals surface area contributed by atoms with Crippen molar-refractivity contribution >= 4 is 29.9 Å². The van der Waals surface area contributed by atoms with Crippen LogP contribution in [0.5, 0.6) is 0 Å². The van der Waals surface area contributed by atoms with Gasteiger partial charge in [0.2, 0.25) is 0 Å². The molecule has 4 aliphatic rings. The number of aliphatic imine (C=N–C) groups is 1. The Morgan fingerprint density at radius 1 is 1.14 bits per heavy atom. The van der Waals surface area contributed by atoms with Crippen molar-refractivity contribution in [3.8, 4) is 0 Å². The predicted octanol–water partition coefficient (Wildman–Crippen LogP) is 2.24. The molecule has 3 saturated heterocycles. The summed E-state index contributed by atoms with van der Waals surface area (Å²) in [7, 11) is 0. The largest absolute Gasteiger partial charge is 0.374 e. The molecule has 8 heteroatoms. The van der Waals surface area contributed by atoms with E-state index in [1.807, 2.05) is 0 Å². The van der Waals surface area contributed by atoms with E-state index in [1.54, 1.807) is 0 Å². The second kappa shape index (κ2) is 8.85. The third kappa shape index (κ3) is 3.78. The summed E-state index contributed by atoms with van der Waals surface area (Å²) in [4.78, 5) is 7.42. The third-order valence-electron chi connectivity index (χ3n) is 6.87. The normalized spacial score (nSPS) is 31.3. The van der Waals surface area contributed by atoms with Crippen molar-refractivity contribution in [1.29, 1.82) is 0 Å². The van der Waals surface area contributed by atoms with Gasteiger partial charge in [-0.1, -0.05) is 6.42 Å². The highest BCUT2D eigenvalue weighted by atomic mass is 127. The van der Waals surface area contributed by atoms with Crippen LogP contribution in [0.1, 0.15) is 50.7 Å². The smallest absolute Gasteiger partial charge is 0.193 e. The molecule has 0 spiro atoms. The molecule has 1 aromatic rings. The van der Waals surface area contributed by atoms with Crippen molar-refractivity contribution in [3.05, 3.63) is 11.6 Å². The standard InChI is InChI=1S/C20H32N6O.HI/c1-2-21-20(25-12-14-15(13-25)17-8-7-16(14)27-17)22-10-9-19-24-23-18-6-4-3-5-11-26(18)19;/h14-17H,2-13H2,1H3,(H,21,22);1H. The van der Waals surface area contributed by atoms with Gasteiger partial charge in [0.1, 0.15) is 11.6 Å². The lowest BCUT2D eigenvalue weighted by Gasteiger charge is -2.23. The van der Waals surface area contributed by atoms with Gasteiger partial charge < -0.3 is 19.5 Å². The number of ether oxygens (including phenoxy) is 1. The summed E-state index contributed by atoms with van der Waals surface area (Å²) in [6.07, 6.45) is 9.23. The van der Waals surface area contributed by atoms with Crippen molar-refractivity contribution in [1.82, 2.24) is 25.0 Å². The van der Waals surface area contributed by atoms with Gasteiger partial charge in [-0.25, -0.2) is 0 Å². The van der Waals surface area contributed by atoms with E-state index in [1.165, 1.54) is 37.9 Å². The predicted molar refractivity (Wildman–Crippen MR) is 119 cm³/mol. The minimum Gasteiger partial charge on any atom is -0.374 e. The van der Waals surface area contributed by atoms with Crippen molar-refractivity contribution < 1.29 is 4.74 Å². The lowest BCUT2D eigenvalue weighted by molar-refractivity contribution is 0.0767. The zero-order valence-corrected chi connectivity index (χ0v) is 19.2. The molecule has 4 unspecified atom stereocenters. The Balaban J connectivity index is 0.00000192. The van der Waals surface area contributed by atoms with Crippen LogP contribution in [0.15, 0.2) is 4.99 Å². The lowest BCUT2D eigenvalue weighted by Crippen LogP contribution is -2.41. The molecule has 2 bridgehead atoms. The first-order chi connectivity index (χ1) is 13.3. The van der Waals surface area contributed by atoms with E-state index < -0.39 is 0 Å². The molecule has 0 aromatic carbocycles. The summed E-state index contributed by atoms with van der Waals surface area (Å²) >= 11 is 0. The molecule has 5 rings (SSSR count). The van der Waals surface area contributed by atoms with Crippen molar-refractivity contribution in [2.45, 2.75) is 70.6 Å². The number of aryl methyl sites for hydroxylation is 1. The highest BCUT2D eigenvalue weighted by molar-refractivity contribution is 14.0. The number of rotatable bonds is 4. The number of fused-ring (bicyclic) bond motifs is 6. The van der Waals surface area contributed by atoms with Crippen LogP contribution in [-0.2, 0) is 24.1 Å². The first-order valence-electron chi connectivity index (χ1n) is 10.9. The Morgan fingerprint density at radius 2 is 1.93 bits per heavy atom. The SMILES string of the molecule is CCNC(=NCCc1nnc2n1CCCCC2)N1CC2C3CCC(O3)C2C1.I. The molecule has 4 atom stereocenters. The van der Waals surface area contributed by atoms with E-state index >= 15 is 0 Å². The van der Waals surface area contributed by atoms with E-state index in [-0.39, 0.29) is 24.0 Å². The average molecular weight is 500 g/mol. The Hall–Kier alpha value is -0.900. The third-order valence-corrected chi connectivity index (χ3v) is 6.87. The van der Waals surface area contributed by atoms with Gasteiger partial charge in [-0.05, 0) is 32.6 Å². The fraction of sp³-hybridized carbons (Fsp3) is 0.850. The average Bonchev–Trinajstić information content (AvgIpc) is 3.41. The number of likely N-dealkylation sites (tertiary alicyclic amines) is 1. The van der Waals surface area contributed by atoms with Crippen LogP contribution in [-0.4, -0.2) is 64.0 Å². The van der Waals surface area contributed by atoms with Crippen molar-refractivity contribution in [2.75, 3.05) is 26.2 Å². The molecular weight excluding hydrogens is 467 g/mol. The van der Waals surface area contributed by atoms with Crippen molar-refractivity contribution in [2.24, 2.45) is 16.8 Å². The summed E-state index contributed by atoms with van der Waals surface area (Å²) in [5, 5.41) is 12.4. The second-order valence-corrected chi connectivity index (χ2v) is 8.50. The van der Waals surface area contributed by atoms with Gasteiger partial charge in [0.15, 0.2) is 5.96 Å². The van der Waals surface area contributed by atoms with E-state index in [4.69, 9.17) is 9.73 Å². The fourth-order valence-electron chi connectivity index (χ4n) is 5.55. The quantitative estimate of drug-likeness (QED) is 0.390. The molecule has 1 N–H and O–H groups in total. The van der Waals surface area contributed by atoms with Crippen LogP contribution in [0.4, 0.5) is 0 Å². The first kappa shape index (κ1) is 20.4. The van der Waals surface area contributed by atoms with Gasteiger partial charge in [-0.2, -0.15) is 0 Å². The van der Waals surface area contributed by atoms with Gasteiger partial charge >= 0.3 is 0 Å². The minimum absolute atomic E-state index is 0. The monoisotopic (exact) mass is 500 g/mol. The van der Waals surface area contributed by atoms with E-state index in [2.05, 4.69) is 31.9 Å². The Labute approximate surface area is 184 Å². The molecule has 0 aliphatic carbocycles. The molecule has 4 aliphatic heterocycles. The number of hydrogen-bond donors (Lipinski definition) is 1. The van der Waals surface area contributed by atoms with Crippen LogP contribution < -0.4 is 5.32 Å². The second-order valence-electron chi connectivity index (χ2n) is 8.50. The Bertz CT molecular complexity index is 689. The number of nitrogens with zero attached hydrogens (tertiary/aromatic N) is 5. The highest BCUT2D eigenvalue weighted by Gasteiger charge is 2.53. The van der Waals surface area contributed by atoms with E-state index in [0.29, 0.717) is 24.0 Å². The summed E-state index contributed by atoms with van der Waals surface area (Å²) in [5.41, 5.74) is 0. The summed E-state index contributed by atoms with van der Waals surface area (Å²) in [5.74, 6) is 4.76. The van der Waals surface area contributed by atoms with Crippen LogP contribution in [0.25, 0.3) is 0 Å². The maximum atomic E-state index is 6.12. The maximum absolute atomic E-state index is 6.12. The first-order valence-corrected chi connectivity index (χ1v) is 10.9. The van der Waals surface area contributed by atoms with Gasteiger partial charge in [0.25, 0.3) is 0 Å². The Kier molecular flexibility index (Phi) is 6.44. The zero-order chi connectivity index (χ0) is 18.2. The van der Waals surface area contributed by atoms with Crippen LogP contribution in [0.2, 0.25) is 0 Å².